The summed E-state index contributed by atoms with van der Waals surface area (Å²) in [5, 5.41) is 13.4. The minimum atomic E-state index is -3.73. The first-order valence-corrected chi connectivity index (χ1v) is 12.9. The number of hydrazone groups is 1. The average Bonchev–Trinajstić information content (AvgIpc) is 2.77. The Bertz CT molecular complexity index is 893. The van der Waals surface area contributed by atoms with Gasteiger partial charge in [-0.2, -0.15) is 13.5 Å². The standard InChI is InChI=1S/C25H36N2O3S/c1-2-3-4-5-6-7-8-9-10-11-14-22-17-19-24(20-18-22)31(29,30)27-26-21-23-15-12-13-16-25(23)28/h12-13,15-21,27-28H,2-11,14H2,1H3. The van der Waals surface area contributed by atoms with E-state index in [1.807, 2.05) is 12.1 Å². The molecule has 0 amide bonds. The number of rotatable bonds is 15. The van der Waals surface area contributed by atoms with Crippen molar-refractivity contribution < 1.29 is 13.5 Å². The molecule has 0 aliphatic rings. The lowest BCUT2D eigenvalue weighted by atomic mass is 10.0. The number of sulfonamides is 1. The summed E-state index contributed by atoms with van der Waals surface area (Å²) >= 11 is 0. The van der Waals surface area contributed by atoms with Crippen LogP contribution in [0.25, 0.3) is 0 Å². The van der Waals surface area contributed by atoms with Crippen LogP contribution in [-0.4, -0.2) is 19.7 Å². The van der Waals surface area contributed by atoms with Crippen molar-refractivity contribution in [1.29, 1.82) is 0 Å². The van der Waals surface area contributed by atoms with Gasteiger partial charge >= 0.3 is 0 Å². The second kappa shape index (κ2) is 13.9. The fraction of sp³-hybridized carbons (Fsp3) is 0.480. The summed E-state index contributed by atoms with van der Waals surface area (Å²) in [4.78, 5) is 2.36. The van der Waals surface area contributed by atoms with Crippen molar-refractivity contribution in [2.75, 3.05) is 0 Å². The zero-order chi connectivity index (χ0) is 22.4. The molecule has 0 aliphatic heterocycles. The van der Waals surface area contributed by atoms with Gasteiger partial charge in [0.15, 0.2) is 0 Å². The number of aryl methyl sites for hydroxylation is 1. The highest BCUT2D eigenvalue weighted by Gasteiger charge is 2.12. The van der Waals surface area contributed by atoms with Crippen LogP contribution in [0, 0.1) is 0 Å². The number of unbranched alkanes of at least 4 members (excludes halogenated alkanes) is 9. The molecular formula is C25H36N2O3S. The third-order valence-electron chi connectivity index (χ3n) is 5.37. The number of nitrogens with one attached hydrogen (secondary N) is 1. The number of phenols is 1. The third-order valence-corrected chi connectivity index (χ3v) is 6.60. The van der Waals surface area contributed by atoms with Crippen molar-refractivity contribution in [1.82, 2.24) is 4.83 Å². The highest BCUT2D eigenvalue weighted by Crippen LogP contribution is 2.16. The lowest BCUT2D eigenvalue weighted by Crippen LogP contribution is -2.18. The highest BCUT2D eigenvalue weighted by atomic mass is 32.2. The molecule has 0 saturated heterocycles. The van der Waals surface area contributed by atoms with Crippen molar-refractivity contribution in [3.05, 3.63) is 59.7 Å². The Hall–Kier alpha value is -2.34. The average molecular weight is 445 g/mol. The number of para-hydroxylation sites is 1. The Balaban J connectivity index is 1.69. The second-order valence-electron chi connectivity index (χ2n) is 7.99. The minimum absolute atomic E-state index is 0.0433. The maximum atomic E-state index is 12.4. The zero-order valence-electron chi connectivity index (χ0n) is 18.6. The number of aromatic hydroxyl groups is 1. The summed E-state index contributed by atoms with van der Waals surface area (Å²) in [6, 6.07) is 13.6. The maximum absolute atomic E-state index is 12.4. The first-order chi connectivity index (χ1) is 15.0. The van der Waals surface area contributed by atoms with E-state index in [0.717, 1.165) is 18.4 Å². The van der Waals surface area contributed by atoms with E-state index in [0.29, 0.717) is 5.56 Å². The molecule has 31 heavy (non-hydrogen) atoms. The van der Waals surface area contributed by atoms with Gasteiger partial charge in [-0.3, -0.25) is 0 Å². The van der Waals surface area contributed by atoms with E-state index in [2.05, 4.69) is 16.9 Å². The SMILES string of the molecule is CCCCCCCCCCCCc1ccc(S(=O)(=O)NN=Cc2ccccc2O)cc1. The van der Waals surface area contributed by atoms with Crippen molar-refractivity contribution >= 4 is 16.2 Å². The largest absolute Gasteiger partial charge is 0.507 e. The number of hydrogen-bond donors (Lipinski definition) is 2. The van der Waals surface area contributed by atoms with Gasteiger partial charge in [-0.05, 0) is 42.7 Å². The summed E-state index contributed by atoms with van der Waals surface area (Å²) in [6.45, 7) is 2.25. The van der Waals surface area contributed by atoms with Gasteiger partial charge in [-0.15, -0.1) is 0 Å². The first-order valence-electron chi connectivity index (χ1n) is 11.4. The van der Waals surface area contributed by atoms with Crippen LogP contribution in [0.5, 0.6) is 5.75 Å². The predicted octanol–water partition coefficient (Wildman–Crippen LogP) is 6.17. The molecule has 2 N–H and O–H groups in total. The Morgan fingerprint density at radius 3 is 2.03 bits per heavy atom. The van der Waals surface area contributed by atoms with Gasteiger partial charge in [-0.25, -0.2) is 4.83 Å². The van der Waals surface area contributed by atoms with Crippen LogP contribution in [-0.2, 0) is 16.4 Å². The van der Waals surface area contributed by atoms with Crippen molar-refractivity contribution in [3.63, 3.8) is 0 Å². The van der Waals surface area contributed by atoms with Crippen LogP contribution in [0.3, 0.4) is 0 Å². The van der Waals surface area contributed by atoms with Gasteiger partial charge in [0, 0.05) is 5.56 Å². The normalized spacial score (nSPS) is 11.8. The van der Waals surface area contributed by atoms with E-state index in [4.69, 9.17) is 0 Å². The minimum Gasteiger partial charge on any atom is -0.507 e. The Morgan fingerprint density at radius 2 is 1.42 bits per heavy atom. The van der Waals surface area contributed by atoms with E-state index in [-0.39, 0.29) is 10.6 Å². The van der Waals surface area contributed by atoms with Crippen LogP contribution < -0.4 is 4.83 Å². The van der Waals surface area contributed by atoms with Crippen LogP contribution >= 0.6 is 0 Å². The van der Waals surface area contributed by atoms with Gasteiger partial charge in [0.2, 0.25) is 0 Å². The molecule has 2 aromatic rings. The molecule has 0 atom stereocenters. The molecule has 6 heteroatoms. The van der Waals surface area contributed by atoms with E-state index in [1.54, 1.807) is 30.3 Å². The van der Waals surface area contributed by atoms with Crippen molar-refractivity contribution in [3.8, 4) is 5.75 Å². The molecule has 0 spiro atoms. The Labute approximate surface area is 187 Å². The molecule has 0 aliphatic carbocycles. The van der Waals surface area contributed by atoms with E-state index >= 15 is 0 Å². The molecule has 2 rings (SSSR count). The molecule has 0 radical (unpaired) electrons. The van der Waals surface area contributed by atoms with E-state index < -0.39 is 10.0 Å². The monoisotopic (exact) mass is 444 g/mol. The number of nitrogens with zero attached hydrogens (tertiary/aromatic N) is 1. The zero-order valence-corrected chi connectivity index (χ0v) is 19.4. The predicted molar refractivity (Wildman–Crippen MR) is 128 cm³/mol. The van der Waals surface area contributed by atoms with Crippen LogP contribution in [0.15, 0.2) is 58.5 Å². The van der Waals surface area contributed by atoms with Gasteiger partial charge in [-0.1, -0.05) is 89.0 Å². The molecule has 0 fully saturated rings. The lowest BCUT2D eigenvalue weighted by Gasteiger charge is -2.06. The quantitative estimate of drug-likeness (QED) is 0.196. The fourth-order valence-corrected chi connectivity index (χ4v) is 4.26. The van der Waals surface area contributed by atoms with Crippen LogP contribution in [0.4, 0.5) is 0 Å². The van der Waals surface area contributed by atoms with Gasteiger partial charge < -0.3 is 5.11 Å². The number of benzene rings is 2. The number of hydrogen-bond acceptors (Lipinski definition) is 4. The summed E-state index contributed by atoms with van der Waals surface area (Å²) in [6.07, 6.45) is 15.3. The first kappa shape index (κ1) is 24.9. The third kappa shape index (κ3) is 9.55. The maximum Gasteiger partial charge on any atom is 0.276 e. The van der Waals surface area contributed by atoms with E-state index in [1.165, 1.54) is 70.1 Å². The summed E-state index contributed by atoms with van der Waals surface area (Å²) in [5.41, 5.74) is 1.59. The molecule has 5 nitrogen and oxygen atoms in total. The fourth-order valence-electron chi connectivity index (χ4n) is 3.47. The Kier molecular flexibility index (Phi) is 11.1. The van der Waals surface area contributed by atoms with Crippen molar-refractivity contribution in [2.24, 2.45) is 5.10 Å². The van der Waals surface area contributed by atoms with E-state index in [9.17, 15) is 13.5 Å². The summed E-state index contributed by atoms with van der Waals surface area (Å²) in [5.74, 6) is 0.0433. The second-order valence-corrected chi connectivity index (χ2v) is 9.65. The molecule has 170 valence electrons. The molecule has 2 aromatic carbocycles. The van der Waals surface area contributed by atoms with Gasteiger partial charge in [0.05, 0.1) is 11.1 Å². The molecular weight excluding hydrogens is 408 g/mol. The molecule has 0 aromatic heterocycles. The van der Waals surface area contributed by atoms with Crippen LogP contribution in [0.1, 0.15) is 82.3 Å². The molecule has 0 bridgehead atoms. The molecule has 0 unspecified atom stereocenters. The van der Waals surface area contributed by atoms with Gasteiger partial charge in [0.1, 0.15) is 5.75 Å². The number of phenolic OH excluding ortho intramolecular Hbond substituents is 1. The van der Waals surface area contributed by atoms with Gasteiger partial charge in [0.25, 0.3) is 10.0 Å². The topological polar surface area (TPSA) is 78.8 Å². The lowest BCUT2D eigenvalue weighted by molar-refractivity contribution is 0.474. The van der Waals surface area contributed by atoms with Crippen LogP contribution in [0.2, 0.25) is 0 Å². The van der Waals surface area contributed by atoms with Crippen molar-refractivity contribution in [2.45, 2.75) is 82.4 Å². The highest BCUT2D eigenvalue weighted by molar-refractivity contribution is 7.89. The Morgan fingerprint density at radius 1 is 0.839 bits per heavy atom. The summed E-state index contributed by atoms with van der Waals surface area (Å²) < 4.78 is 24.7. The summed E-state index contributed by atoms with van der Waals surface area (Å²) in [7, 11) is -3.73. The smallest absolute Gasteiger partial charge is 0.276 e. The molecule has 0 saturated carbocycles. The molecule has 0 heterocycles.